The molecule has 7 nitrogen and oxygen atoms in total. The summed E-state index contributed by atoms with van der Waals surface area (Å²) in [5, 5.41) is 6.42. The van der Waals surface area contributed by atoms with E-state index < -0.39 is 16.1 Å². The van der Waals surface area contributed by atoms with E-state index in [0.29, 0.717) is 35.4 Å². The fraction of sp³-hybridized carbons (Fsp3) is 0.333. The lowest BCUT2D eigenvalue weighted by Gasteiger charge is -2.24. The monoisotopic (exact) mass is 400 g/mol. The second-order valence-corrected chi connectivity index (χ2v) is 9.24. The van der Waals surface area contributed by atoms with Gasteiger partial charge in [0.15, 0.2) is 5.13 Å². The Balaban J connectivity index is 1.65. The average Bonchev–Trinajstić information content (AvgIpc) is 2.98. The van der Waals surface area contributed by atoms with Crippen molar-refractivity contribution in [2.45, 2.75) is 19.9 Å². The summed E-state index contributed by atoms with van der Waals surface area (Å²) in [4.78, 5) is 17.3. The third kappa shape index (κ3) is 4.30. The van der Waals surface area contributed by atoms with E-state index in [9.17, 15) is 13.2 Å². The molecule has 0 unspecified atom stereocenters. The molecule has 1 aliphatic rings. The number of aromatic nitrogens is 1. The molecule has 1 aliphatic heterocycles. The summed E-state index contributed by atoms with van der Waals surface area (Å²) in [6.07, 6.45) is 0.547. The minimum absolute atomic E-state index is 0.0791. The number of hydrogen-bond donors (Lipinski definition) is 2. The molecule has 2 aromatic rings. The number of anilines is 2. The first-order valence-electron chi connectivity index (χ1n) is 7.67. The molecule has 0 saturated carbocycles. The Morgan fingerprint density at radius 2 is 2.04 bits per heavy atom. The summed E-state index contributed by atoms with van der Waals surface area (Å²) in [6.45, 7) is 2.36. The number of halogens is 1. The minimum Gasteiger partial charge on any atom is -0.308 e. The van der Waals surface area contributed by atoms with Crippen LogP contribution in [0.3, 0.4) is 0 Å². The van der Waals surface area contributed by atoms with E-state index in [2.05, 4.69) is 15.6 Å². The normalized spacial score (nSPS) is 14.8. The number of nitrogens with one attached hydrogen (secondary N) is 2. The van der Waals surface area contributed by atoms with Crippen molar-refractivity contribution in [3.05, 3.63) is 39.9 Å². The smallest absolute Gasteiger partial charge is 0.308 e. The van der Waals surface area contributed by atoms with Crippen molar-refractivity contribution in [1.82, 2.24) is 9.29 Å². The van der Waals surface area contributed by atoms with Crippen LogP contribution >= 0.6 is 22.9 Å². The fourth-order valence-electron chi connectivity index (χ4n) is 2.44. The first-order valence-corrected chi connectivity index (χ1v) is 10.5. The van der Waals surface area contributed by atoms with Gasteiger partial charge in [-0.2, -0.15) is 4.31 Å². The quantitative estimate of drug-likeness (QED) is 0.824. The first kappa shape index (κ1) is 18.1. The Morgan fingerprint density at radius 3 is 2.72 bits per heavy atom. The van der Waals surface area contributed by atoms with Crippen molar-refractivity contribution in [1.29, 1.82) is 0 Å². The highest BCUT2D eigenvalue weighted by Gasteiger charge is 2.28. The van der Waals surface area contributed by atoms with Crippen LogP contribution in [0.15, 0.2) is 24.3 Å². The molecule has 0 bridgehead atoms. The van der Waals surface area contributed by atoms with Crippen molar-refractivity contribution in [3.63, 3.8) is 0 Å². The van der Waals surface area contributed by atoms with Crippen molar-refractivity contribution in [3.8, 4) is 0 Å². The van der Waals surface area contributed by atoms with Gasteiger partial charge in [0.25, 0.3) is 0 Å². The van der Waals surface area contributed by atoms with Gasteiger partial charge in [0.1, 0.15) is 0 Å². The van der Waals surface area contributed by atoms with Gasteiger partial charge in [0.2, 0.25) is 10.0 Å². The van der Waals surface area contributed by atoms with Gasteiger partial charge >= 0.3 is 6.03 Å². The standard InChI is InChI=1S/C15H17ClN4O3S2/c1-2-25(22,23)20-8-7-12-13(9-20)24-15(18-12)19-14(21)17-11-5-3-10(16)4-6-11/h3-6H,2,7-9H2,1H3,(H2,17,18,19,21). The molecule has 0 aliphatic carbocycles. The molecule has 0 atom stereocenters. The molecule has 0 saturated heterocycles. The second kappa shape index (κ2) is 7.28. The van der Waals surface area contributed by atoms with Crippen LogP contribution in [0.1, 0.15) is 17.5 Å². The van der Waals surface area contributed by atoms with Gasteiger partial charge in [-0.25, -0.2) is 18.2 Å². The van der Waals surface area contributed by atoms with Gasteiger partial charge in [-0.1, -0.05) is 22.9 Å². The molecular weight excluding hydrogens is 384 g/mol. The molecule has 0 radical (unpaired) electrons. The number of benzene rings is 1. The minimum atomic E-state index is -3.22. The third-order valence-corrected chi connectivity index (χ3v) is 6.85. The van der Waals surface area contributed by atoms with Crippen LogP contribution < -0.4 is 10.6 Å². The van der Waals surface area contributed by atoms with Crippen LogP contribution in [0.4, 0.5) is 15.6 Å². The number of amides is 2. The number of carbonyl (C=O) groups excluding carboxylic acids is 1. The van der Waals surface area contributed by atoms with E-state index in [1.54, 1.807) is 31.2 Å². The molecule has 0 spiro atoms. The van der Waals surface area contributed by atoms with Crippen molar-refractivity contribution in [2.24, 2.45) is 0 Å². The molecule has 25 heavy (non-hydrogen) atoms. The van der Waals surface area contributed by atoms with Gasteiger partial charge in [0, 0.05) is 35.1 Å². The summed E-state index contributed by atoms with van der Waals surface area (Å²) < 4.78 is 25.5. The predicted octanol–water partition coefficient (Wildman–Crippen LogP) is 3.15. The topological polar surface area (TPSA) is 91.4 Å². The molecular formula is C15H17ClN4O3S2. The summed E-state index contributed by atoms with van der Waals surface area (Å²) in [5.41, 5.74) is 1.46. The first-order chi connectivity index (χ1) is 11.9. The molecule has 2 amide bonds. The summed E-state index contributed by atoms with van der Waals surface area (Å²) in [7, 11) is -3.22. The third-order valence-electron chi connectivity index (χ3n) is 3.78. The highest BCUT2D eigenvalue weighted by Crippen LogP contribution is 2.29. The molecule has 2 N–H and O–H groups in total. The molecule has 0 fully saturated rings. The Bertz CT molecular complexity index is 881. The zero-order valence-electron chi connectivity index (χ0n) is 13.5. The summed E-state index contributed by atoms with van der Waals surface area (Å²) in [6, 6.07) is 6.35. The van der Waals surface area contributed by atoms with Crippen LogP contribution in [0.2, 0.25) is 5.02 Å². The van der Waals surface area contributed by atoms with Crippen LogP contribution in [0.25, 0.3) is 0 Å². The largest absolute Gasteiger partial charge is 0.325 e. The highest BCUT2D eigenvalue weighted by atomic mass is 35.5. The van der Waals surface area contributed by atoms with Crippen LogP contribution in [-0.2, 0) is 23.0 Å². The van der Waals surface area contributed by atoms with Crippen LogP contribution in [0.5, 0.6) is 0 Å². The number of hydrogen-bond acceptors (Lipinski definition) is 5. The number of nitrogens with zero attached hydrogens (tertiary/aromatic N) is 2. The lowest BCUT2D eigenvalue weighted by atomic mass is 10.2. The average molecular weight is 401 g/mol. The highest BCUT2D eigenvalue weighted by molar-refractivity contribution is 7.89. The van der Waals surface area contributed by atoms with Crippen molar-refractivity contribution < 1.29 is 13.2 Å². The maximum absolute atomic E-state index is 12.1. The molecule has 10 heteroatoms. The van der Waals surface area contributed by atoms with E-state index in [1.807, 2.05) is 0 Å². The summed E-state index contributed by atoms with van der Waals surface area (Å²) >= 11 is 7.10. The van der Waals surface area contributed by atoms with E-state index in [1.165, 1.54) is 15.6 Å². The number of thiazole rings is 1. The second-order valence-electron chi connectivity index (χ2n) is 5.46. The van der Waals surface area contributed by atoms with Gasteiger partial charge < -0.3 is 5.32 Å². The molecule has 1 aromatic carbocycles. The zero-order valence-corrected chi connectivity index (χ0v) is 15.8. The molecule has 134 valence electrons. The van der Waals surface area contributed by atoms with Crippen LogP contribution in [0, 0.1) is 0 Å². The lowest BCUT2D eigenvalue weighted by molar-refractivity contribution is 0.262. The number of fused-ring (bicyclic) bond motifs is 1. The SMILES string of the molecule is CCS(=O)(=O)N1CCc2nc(NC(=O)Nc3ccc(Cl)cc3)sc2C1. The molecule has 1 aromatic heterocycles. The van der Waals surface area contributed by atoms with Gasteiger partial charge in [-0.05, 0) is 31.2 Å². The number of urea groups is 1. The van der Waals surface area contributed by atoms with Gasteiger partial charge in [0.05, 0.1) is 11.4 Å². The van der Waals surface area contributed by atoms with E-state index in [0.717, 1.165) is 10.6 Å². The fourth-order valence-corrected chi connectivity index (χ4v) is 4.73. The number of rotatable bonds is 4. The Hall–Kier alpha value is -1.68. The number of sulfonamides is 1. The summed E-state index contributed by atoms with van der Waals surface area (Å²) in [5.74, 6) is 0.0791. The van der Waals surface area contributed by atoms with Gasteiger partial charge in [-0.15, -0.1) is 0 Å². The number of carbonyl (C=O) groups is 1. The van der Waals surface area contributed by atoms with Gasteiger partial charge in [-0.3, -0.25) is 5.32 Å². The maximum Gasteiger partial charge on any atom is 0.325 e. The Labute approximate surface area is 155 Å². The predicted molar refractivity (Wildman–Crippen MR) is 99.8 cm³/mol. The maximum atomic E-state index is 12.1. The van der Waals surface area contributed by atoms with E-state index in [4.69, 9.17) is 11.6 Å². The van der Waals surface area contributed by atoms with Crippen molar-refractivity contribution in [2.75, 3.05) is 22.9 Å². The lowest BCUT2D eigenvalue weighted by Crippen LogP contribution is -2.36. The van der Waals surface area contributed by atoms with E-state index >= 15 is 0 Å². The van der Waals surface area contributed by atoms with E-state index in [-0.39, 0.29) is 5.75 Å². The molecule has 2 heterocycles. The Morgan fingerprint density at radius 1 is 1.32 bits per heavy atom. The zero-order chi connectivity index (χ0) is 18.0. The Kier molecular flexibility index (Phi) is 5.28. The molecule has 3 rings (SSSR count). The van der Waals surface area contributed by atoms with Crippen LogP contribution in [-0.4, -0.2) is 36.0 Å². The van der Waals surface area contributed by atoms with Crippen molar-refractivity contribution >= 4 is 49.8 Å².